The van der Waals surface area contributed by atoms with Crippen LogP contribution in [0.15, 0.2) is 65.7 Å². The Morgan fingerprint density at radius 3 is 2.62 bits per heavy atom. The third-order valence-electron chi connectivity index (χ3n) is 5.10. The molecule has 0 aliphatic carbocycles. The van der Waals surface area contributed by atoms with E-state index in [-0.39, 0.29) is 18.0 Å². The van der Waals surface area contributed by atoms with Crippen LogP contribution in [0.25, 0.3) is 20.7 Å². The summed E-state index contributed by atoms with van der Waals surface area (Å²) in [6.45, 7) is 0.369. The second-order valence-corrected chi connectivity index (χ2v) is 8.20. The predicted molar refractivity (Wildman–Crippen MR) is 126 cm³/mol. The summed E-state index contributed by atoms with van der Waals surface area (Å²) in [6, 6.07) is 17.2. The van der Waals surface area contributed by atoms with Gasteiger partial charge in [0.25, 0.3) is 5.56 Å². The number of hydrogen-bond donors (Lipinski definition) is 1. The molecular formula is C24H23N3O4S. The van der Waals surface area contributed by atoms with Gasteiger partial charge in [0.2, 0.25) is 5.91 Å². The summed E-state index contributed by atoms with van der Waals surface area (Å²) >= 11 is 1.37. The Kier molecular flexibility index (Phi) is 6.51. The first-order chi connectivity index (χ1) is 15.6. The minimum absolute atomic E-state index is 0.0799. The molecule has 0 aliphatic heterocycles. The number of carbonyl (C=O) groups is 1. The number of nitrogens with zero attached hydrogens (tertiary/aromatic N) is 2. The fourth-order valence-corrected chi connectivity index (χ4v) is 4.48. The molecule has 0 unspecified atom stereocenters. The van der Waals surface area contributed by atoms with Crippen molar-refractivity contribution in [2.45, 2.75) is 13.0 Å². The van der Waals surface area contributed by atoms with E-state index in [1.54, 1.807) is 14.2 Å². The smallest absolute Gasteiger partial charge is 0.271 e. The van der Waals surface area contributed by atoms with Crippen LogP contribution in [0.4, 0.5) is 0 Å². The van der Waals surface area contributed by atoms with Crippen LogP contribution in [0.2, 0.25) is 0 Å². The molecule has 4 rings (SSSR count). The van der Waals surface area contributed by atoms with Crippen LogP contribution < -0.4 is 20.3 Å². The number of rotatable bonds is 8. The van der Waals surface area contributed by atoms with Crippen LogP contribution in [-0.2, 0) is 17.8 Å². The van der Waals surface area contributed by atoms with E-state index in [1.165, 1.54) is 22.2 Å². The van der Waals surface area contributed by atoms with Gasteiger partial charge in [0.1, 0.15) is 22.7 Å². The number of nitrogens with one attached hydrogen (secondary N) is 1. The number of thiophene rings is 1. The van der Waals surface area contributed by atoms with Gasteiger partial charge in [-0.15, -0.1) is 11.3 Å². The number of benzene rings is 2. The van der Waals surface area contributed by atoms with Crippen molar-refractivity contribution in [1.29, 1.82) is 0 Å². The zero-order valence-electron chi connectivity index (χ0n) is 17.8. The maximum absolute atomic E-state index is 12.9. The molecule has 0 spiro atoms. The molecule has 1 N–H and O–H groups in total. The SMILES string of the molecule is COc1ccc(-c2cc3ncn(CC(=O)NCCc4ccccc4OC)c(=O)c3s2)cc1. The molecule has 32 heavy (non-hydrogen) atoms. The lowest BCUT2D eigenvalue weighted by molar-refractivity contribution is -0.121. The number of carbonyl (C=O) groups excluding carboxylic acids is 1. The molecule has 8 heteroatoms. The molecule has 2 aromatic carbocycles. The number of para-hydroxylation sites is 1. The lowest BCUT2D eigenvalue weighted by atomic mass is 10.1. The molecule has 0 saturated heterocycles. The summed E-state index contributed by atoms with van der Waals surface area (Å²) in [7, 11) is 3.24. The van der Waals surface area contributed by atoms with Crippen molar-refractivity contribution in [1.82, 2.24) is 14.9 Å². The Morgan fingerprint density at radius 1 is 1.09 bits per heavy atom. The van der Waals surface area contributed by atoms with E-state index in [0.717, 1.165) is 27.5 Å². The number of fused-ring (bicyclic) bond motifs is 1. The van der Waals surface area contributed by atoms with Gasteiger partial charge in [-0.05, 0) is 53.9 Å². The van der Waals surface area contributed by atoms with Crippen molar-refractivity contribution in [2.75, 3.05) is 20.8 Å². The quantitative estimate of drug-likeness (QED) is 0.445. The highest BCUT2D eigenvalue weighted by Gasteiger charge is 2.13. The van der Waals surface area contributed by atoms with Gasteiger partial charge >= 0.3 is 0 Å². The third-order valence-corrected chi connectivity index (χ3v) is 6.26. The molecule has 7 nitrogen and oxygen atoms in total. The first-order valence-corrected chi connectivity index (χ1v) is 10.9. The van der Waals surface area contributed by atoms with Gasteiger partial charge in [-0.25, -0.2) is 4.98 Å². The van der Waals surface area contributed by atoms with E-state index < -0.39 is 0 Å². The molecular weight excluding hydrogens is 426 g/mol. The average Bonchev–Trinajstić information content (AvgIpc) is 3.26. The highest BCUT2D eigenvalue weighted by molar-refractivity contribution is 7.22. The highest BCUT2D eigenvalue weighted by atomic mass is 32.1. The van der Waals surface area contributed by atoms with Crippen molar-refractivity contribution in [3.8, 4) is 21.9 Å². The van der Waals surface area contributed by atoms with Gasteiger partial charge in [-0.2, -0.15) is 0 Å². The number of hydrogen-bond acceptors (Lipinski definition) is 6. The number of methoxy groups -OCH3 is 2. The van der Waals surface area contributed by atoms with Crippen LogP contribution in [0.3, 0.4) is 0 Å². The van der Waals surface area contributed by atoms with Gasteiger partial charge in [0.05, 0.1) is 26.1 Å². The molecule has 164 valence electrons. The van der Waals surface area contributed by atoms with Gasteiger partial charge < -0.3 is 14.8 Å². The minimum Gasteiger partial charge on any atom is -0.497 e. The Hall–Kier alpha value is -3.65. The molecule has 0 radical (unpaired) electrons. The number of ether oxygens (including phenoxy) is 2. The van der Waals surface area contributed by atoms with Gasteiger partial charge in [-0.1, -0.05) is 18.2 Å². The molecule has 0 fully saturated rings. The fraction of sp³-hybridized carbons (Fsp3) is 0.208. The van der Waals surface area contributed by atoms with Crippen molar-refractivity contribution < 1.29 is 14.3 Å². The number of aromatic nitrogens is 2. The first-order valence-electron chi connectivity index (χ1n) is 10.1. The van der Waals surface area contributed by atoms with Gasteiger partial charge in [0.15, 0.2) is 0 Å². The Balaban J connectivity index is 1.44. The number of amides is 1. The highest BCUT2D eigenvalue weighted by Crippen LogP contribution is 2.31. The van der Waals surface area contributed by atoms with Crippen molar-refractivity contribution in [3.05, 3.63) is 76.8 Å². The zero-order chi connectivity index (χ0) is 22.5. The van der Waals surface area contributed by atoms with E-state index in [4.69, 9.17) is 9.47 Å². The average molecular weight is 450 g/mol. The summed E-state index contributed by atoms with van der Waals surface area (Å²) in [5, 5.41) is 2.86. The van der Waals surface area contributed by atoms with Crippen LogP contribution in [0.5, 0.6) is 11.5 Å². The third kappa shape index (κ3) is 4.65. The van der Waals surface area contributed by atoms with Crippen LogP contribution in [0.1, 0.15) is 5.56 Å². The van der Waals surface area contributed by atoms with Crippen LogP contribution in [-0.4, -0.2) is 36.2 Å². The van der Waals surface area contributed by atoms with Crippen LogP contribution in [0, 0.1) is 0 Å². The summed E-state index contributed by atoms with van der Waals surface area (Å²) in [6.07, 6.45) is 2.06. The molecule has 4 aromatic rings. The molecule has 2 heterocycles. The Labute approximate surface area is 189 Å². The molecule has 0 saturated carbocycles. The lowest BCUT2D eigenvalue weighted by Crippen LogP contribution is -2.33. The van der Waals surface area contributed by atoms with Crippen molar-refractivity contribution >= 4 is 27.5 Å². The molecule has 1 amide bonds. The van der Waals surface area contributed by atoms with E-state index in [2.05, 4.69) is 10.3 Å². The minimum atomic E-state index is -0.241. The molecule has 0 bridgehead atoms. The summed E-state index contributed by atoms with van der Waals surface area (Å²) in [4.78, 5) is 30.6. The van der Waals surface area contributed by atoms with Crippen LogP contribution >= 0.6 is 11.3 Å². The Bertz CT molecular complexity index is 1290. The lowest BCUT2D eigenvalue weighted by Gasteiger charge is -2.09. The van der Waals surface area contributed by atoms with E-state index in [9.17, 15) is 9.59 Å². The van der Waals surface area contributed by atoms with Gasteiger partial charge in [0, 0.05) is 11.4 Å². The summed E-state index contributed by atoms with van der Waals surface area (Å²) in [5.74, 6) is 1.32. The van der Waals surface area contributed by atoms with E-state index in [1.807, 2.05) is 54.6 Å². The summed E-state index contributed by atoms with van der Waals surface area (Å²) < 4.78 is 12.4. The predicted octanol–water partition coefficient (Wildman–Crippen LogP) is 3.50. The van der Waals surface area contributed by atoms with Crippen molar-refractivity contribution in [2.24, 2.45) is 0 Å². The second-order valence-electron chi connectivity index (χ2n) is 7.14. The summed E-state index contributed by atoms with van der Waals surface area (Å²) in [5.41, 5.74) is 2.40. The van der Waals surface area contributed by atoms with E-state index in [0.29, 0.717) is 23.2 Å². The van der Waals surface area contributed by atoms with Gasteiger partial charge in [-0.3, -0.25) is 14.2 Å². The largest absolute Gasteiger partial charge is 0.497 e. The maximum Gasteiger partial charge on any atom is 0.271 e. The normalized spacial score (nSPS) is 10.8. The van der Waals surface area contributed by atoms with Crippen molar-refractivity contribution in [3.63, 3.8) is 0 Å². The monoisotopic (exact) mass is 449 g/mol. The first kappa shape index (κ1) is 21.6. The van der Waals surface area contributed by atoms with E-state index >= 15 is 0 Å². The Morgan fingerprint density at radius 2 is 1.88 bits per heavy atom. The maximum atomic E-state index is 12.9. The molecule has 2 aromatic heterocycles. The zero-order valence-corrected chi connectivity index (χ0v) is 18.6. The second kappa shape index (κ2) is 9.65. The fourth-order valence-electron chi connectivity index (χ4n) is 3.41. The molecule has 0 aliphatic rings. The molecule has 0 atom stereocenters. The topological polar surface area (TPSA) is 82.5 Å². The standard InChI is InChI=1S/C24H23N3O4S/c1-30-18-9-7-17(8-10-18)21-13-19-23(32-21)24(29)27(15-26-19)14-22(28)25-12-11-16-5-3-4-6-20(16)31-2/h3-10,13,15H,11-12,14H2,1-2H3,(H,25,28).